The Morgan fingerprint density at radius 2 is 2.05 bits per heavy atom. The summed E-state index contributed by atoms with van der Waals surface area (Å²) in [5, 5.41) is 11.0. The van der Waals surface area contributed by atoms with Gasteiger partial charge in [0.2, 0.25) is 5.75 Å². The summed E-state index contributed by atoms with van der Waals surface area (Å²) in [7, 11) is 1.37. The van der Waals surface area contributed by atoms with E-state index in [1.54, 1.807) is 32.9 Å². The lowest BCUT2D eigenvalue weighted by Gasteiger charge is -2.22. The smallest absolute Gasteiger partial charge is 0.380 e. The number of nitrogens with zero attached hydrogens (tertiary/aromatic N) is 1. The van der Waals surface area contributed by atoms with Crippen molar-refractivity contribution in [3.05, 3.63) is 33.9 Å². The van der Waals surface area contributed by atoms with Gasteiger partial charge in [-0.15, -0.1) is 0 Å². The summed E-state index contributed by atoms with van der Waals surface area (Å²) in [6.07, 6.45) is -0.199. The molecule has 1 aromatic carbocycles. The molecule has 0 aliphatic heterocycles. The minimum absolute atomic E-state index is 0.0656. The molecule has 106 valence electrons. The van der Waals surface area contributed by atoms with Gasteiger partial charge in [-0.3, -0.25) is 14.6 Å². The van der Waals surface area contributed by atoms with E-state index in [1.165, 1.54) is 13.2 Å². The van der Waals surface area contributed by atoms with Gasteiger partial charge >= 0.3 is 12.4 Å². The van der Waals surface area contributed by atoms with Gasteiger partial charge in [0, 0.05) is 25.0 Å². The first-order chi connectivity index (χ1) is 8.77. The fourth-order valence-electron chi connectivity index (χ4n) is 1.33. The minimum Gasteiger partial charge on any atom is -0.417 e. The number of hydrogen-bond donors (Lipinski definition) is 0. The van der Waals surface area contributed by atoms with Gasteiger partial charge in [-0.1, -0.05) is 6.07 Å². The van der Waals surface area contributed by atoms with E-state index in [0.717, 1.165) is 5.56 Å². The molecule has 6 nitrogen and oxygen atoms in total. The van der Waals surface area contributed by atoms with Crippen molar-refractivity contribution in [2.24, 2.45) is 0 Å². The van der Waals surface area contributed by atoms with E-state index in [4.69, 9.17) is 25.4 Å². The van der Waals surface area contributed by atoms with Crippen molar-refractivity contribution in [3.63, 3.8) is 0 Å². The Hall–Kier alpha value is -1.01. The molecule has 19 heavy (non-hydrogen) atoms. The molecule has 0 spiro atoms. The molecule has 1 unspecified atom stereocenters. The highest BCUT2D eigenvalue weighted by Gasteiger charge is 2.27. The van der Waals surface area contributed by atoms with Crippen molar-refractivity contribution >= 4 is 24.2 Å². The fourth-order valence-corrected chi connectivity index (χ4v) is 3.19. The SMILES string of the molecule is COP(=S)(Oc1cc(C)ccc1[N+](=O)[O-])OC(C)C. The molecule has 0 fully saturated rings. The van der Waals surface area contributed by atoms with E-state index in [0.29, 0.717) is 0 Å². The highest BCUT2D eigenvalue weighted by molar-refractivity contribution is 8.07. The van der Waals surface area contributed by atoms with Crippen LogP contribution in [0, 0.1) is 17.0 Å². The zero-order chi connectivity index (χ0) is 14.6. The lowest BCUT2D eigenvalue weighted by Crippen LogP contribution is -2.07. The number of nitro groups is 1. The molecule has 0 radical (unpaired) electrons. The van der Waals surface area contributed by atoms with Crippen LogP contribution in [0.1, 0.15) is 19.4 Å². The molecule has 0 N–H and O–H groups in total. The summed E-state index contributed by atoms with van der Waals surface area (Å²) in [4.78, 5) is 10.4. The van der Waals surface area contributed by atoms with Gasteiger partial charge in [-0.25, -0.2) is 0 Å². The van der Waals surface area contributed by atoms with Crippen LogP contribution in [0.3, 0.4) is 0 Å². The summed E-state index contributed by atoms with van der Waals surface area (Å²) in [6, 6.07) is 4.54. The molecule has 1 aromatic rings. The summed E-state index contributed by atoms with van der Waals surface area (Å²) in [6.45, 7) is 2.34. The first kappa shape index (κ1) is 16.0. The van der Waals surface area contributed by atoms with Crippen molar-refractivity contribution in [3.8, 4) is 5.75 Å². The Balaban J connectivity index is 3.12. The summed E-state index contributed by atoms with van der Waals surface area (Å²) in [5.74, 6) is 0.0656. The minimum atomic E-state index is -3.04. The number of benzene rings is 1. The second-order valence-electron chi connectivity index (χ2n) is 4.10. The Labute approximate surface area is 117 Å². The third-order valence-corrected chi connectivity index (χ3v) is 4.56. The van der Waals surface area contributed by atoms with Crippen LogP contribution in [0.4, 0.5) is 5.69 Å². The Morgan fingerprint density at radius 3 is 2.53 bits per heavy atom. The van der Waals surface area contributed by atoms with E-state index in [9.17, 15) is 10.1 Å². The van der Waals surface area contributed by atoms with Crippen LogP contribution in [0.15, 0.2) is 18.2 Å². The van der Waals surface area contributed by atoms with Crippen LogP contribution in [0.2, 0.25) is 0 Å². The lowest BCUT2D eigenvalue weighted by molar-refractivity contribution is -0.385. The van der Waals surface area contributed by atoms with Crippen molar-refractivity contribution in [2.75, 3.05) is 7.11 Å². The largest absolute Gasteiger partial charge is 0.417 e. The highest BCUT2D eigenvalue weighted by Crippen LogP contribution is 2.51. The average molecular weight is 305 g/mol. The van der Waals surface area contributed by atoms with E-state index in [1.807, 2.05) is 0 Å². The second-order valence-corrected chi connectivity index (χ2v) is 7.10. The molecule has 8 heteroatoms. The van der Waals surface area contributed by atoms with Crippen LogP contribution in [-0.4, -0.2) is 18.1 Å². The van der Waals surface area contributed by atoms with Crippen LogP contribution in [-0.2, 0) is 20.9 Å². The van der Waals surface area contributed by atoms with Crippen molar-refractivity contribution in [2.45, 2.75) is 26.9 Å². The molecule has 0 amide bonds. The lowest BCUT2D eigenvalue weighted by atomic mass is 10.2. The van der Waals surface area contributed by atoms with Crippen LogP contribution < -0.4 is 4.52 Å². The molecule has 0 heterocycles. The molecule has 0 saturated carbocycles. The first-order valence-corrected chi connectivity index (χ1v) is 8.12. The first-order valence-electron chi connectivity index (χ1n) is 5.56. The van der Waals surface area contributed by atoms with Gasteiger partial charge < -0.3 is 9.05 Å². The summed E-state index contributed by atoms with van der Waals surface area (Å²) < 4.78 is 16.0. The van der Waals surface area contributed by atoms with Gasteiger partial charge in [-0.05, 0) is 32.4 Å². The summed E-state index contributed by atoms with van der Waals surface area (Å²) in [5.41, 5.74) is 0.659. The van der Waals surface area contributed by atoms with Crippen LogP contribution >= 0.6 is 6.72 Å². The third-order valence-electron chi connectivity index (χ3n) is 2.09. The van der Waals surface area contributed by atoms with Gasteiger partial charge in [0.05, 0.1) is 11.0 Å². The molecule has 0 aromatic heterocycles. The Morgan fingerprint density at radius 1 is 1.42 bits per heavy atom. The second kappa shape index (κ2) is 6.43. The molecular formula is C11H16NO5PS. The van der Waals surface area contributed by atoms with Gasteiger partial charge in [0.25, 0.3) is 0 Å². The van der Waals surface area contributed by atoms with E-state index < -0.39 is 11.6 Å². The number of hydrogen-bond acceptors (Lipinski definition) is 6. The maximum absolute atomic E-state index is 11.0. The third kappa shape index (κ3) is 4.54. The average Bonchev–Trinajstić information content (AvgIpc) is 2.27. The molecule has 1 rings (SSSR count). The maximum Gasteiger partial charge on any atom is 0.380 e. The van der Waals surface area contributed by atoms with Crippen molar-refractivity contribution in [1.29, 1.82) is 0 Å². The molecule has 0 saturated heterocycles. The van der Waals surface area contributed by atoms with Crippen LogP contribution in [0.25, 0.3) is 0 Å². The molecule has 0 aliphatic carbocycles. The monoisotopic (exact) mass is 305 g/mol. The Kier molecular flexibility index (Phi) is 5.43. The molecule has 0 aliphatic rings. The predicted molar refractivity (Wildman–Crippen MR) is 76.0 cm³/mol. The maximum atomic E-state index is 11.0. The van der Waals surface area contributed by atoms with Crippen molar-refractivity contribution in [1.82, 2.24) is 0 Å². The van der Waals surface area contributed by atoms with Gasteiger partial charge in [0.15, 0.2) is 0 Å². The van der Waals surface area contributed by atoms with Gasteiger partial charge in [-0.2, -0.15) is 0 Å². The predicted octanol–water partition coefficient (Wildman–Crippen LogP) is 3.58. The topological polar surface area (TPSA) is 70.8 Å². The number of aryl methyl sites for hydroxylation is 1. The zero-order valence-electron chi connectivity index (χ0n) is 11.2. The van der Waals surface area contributed by atoms with Gasteiger partial charge in [0.1, 0.15) is 0 Å². The molecular weight excluding hydrogens is 289 g/mol. The van der Waals surface area contributed by atoms with Crippen molar-refractivity contribution < 1.29 is 18.5 Å². The van der Waals surface area contributed by atoms with E-state index in [-0.39, 0.29) is 17.5 Å². The number of nitro benzene ring substituents is 1. The normalized spacial score (nSPS) is 14.2. The molecule has 0 bridgehead atoms. The number of rotatable bonds is 6. The van der Waals surface area contributed by atoms with E-state index >= 15 is 0 Å². The quantitative estimate of drug-likeness (QED) is 0.454. The highest BCUT2D eigenvalue weighted by atomic mass is 32.5. The van der Waals surface area contributed by atoms with Crippen LogP contribution in [0.5, 0.6) is 5.75 Å². The standard InChI is InChI=1S/C11H16NO5PS/c1-8(2)16-18(19,15-4)17-11-7-9(3)5-6-10(11)12(13)14/h5-8H,1-4H3. The summed E-state index contributed by atoms with van der Waals surface area (Å²) >= 11 is 5.17. The molecule has 1 atom stereocenters. The fraction of sp³-hybridized carbons (Fsp3) is 0.455. The Bertz CT molecular complexity index is 520. The zero-order valence-corrected chi connectivity index (χ0v) is 12.9. The van der Waals surface area contributed by atoms with E-state index in [2.05, 4.69) is 0 Å².